The highest BCUT2D eigenvalue weighted by Crippen LogP contribution is 2.39. The van der Waals surface area contributed by atoms with Crippen molar-refractivity contribution in [1.29, 1.82) is 0 Å². The van der Waals surface area contributed by atoms with Crippen LogP contribution in [0.3, 0.4) is 0 Å². The quantitative estimate of drug-likeness (QED) is 0.562. The Balaban J connectivity index is 2.11. The summed E-state index contributed by atoms with van der Waals surface area (Å²) < 4.78 is 29.5. The molecule has 0 aliphatic rings. The zero-order valence-electron chi connectivity index (χ0n) is 12.7. The molecule has 0 saturated heterocycles. The molecule has 0 spiro atoms. The summed E-state index contributed by atoms with van der Waals surface area (Å²) in [5.74, 6) is -0.150. The molecule has 24 heavy (non-hydrogen) atoms. The molecule has 2 aromatic carbocycles. The van der Waals surface area contributed by atoms with Gasteiger partial charge >= 0.3 is 0 Å². The number of benzene rings is 2. The van der Waals surface area contributed by atoms with Crippen LogP contribution in [0.5, 0.6) is 5.88 Å². The molecule has 0 radical (unpaired) electrons. The molecule has 3 rings (SSSR count). The van der Waals surface area contributed by atoms with Crippen LogP contribution in [0.15, 0.2) is 81.8 Å². The fourth-order valence-corrected chi connectivity index (χ4v) is 3.20. The van der Waals surface area contributed by atoms with E-state index in [1.54, 1.807) is 41.0 Å². The third-order valence-electron chi connectivity index (χ3n) is 3.52. The van der Waals surface area contributed by atoms with Crippen molar-refractivity contribution in [3.63, 3.8) is 0 Å². The van der Waals surface area contributed by atoms with Gasteiger partial charge in [-0.3, -0.25) is 0 Å². The summed E-state index contributed by atoms with van der Waals surface area (Å²) in [6.45, 7) is 4.02. The highest BCUT2D eigenvalue weighted by Gasteiger charge is 2.17. The maximum Gasteiger partial charge on any atom is 0.299 e. The lowest BCUT2D eigenvalue weighted by Gasteiger charge is -2.01. The number of allylic oxidation sites excluding steroid dienone is 1. The topological polar surface area (TPSA) is 84.0 Å². The van der Waals surface area contributed by atoms with Gasteiger partial charge in [0, 0.05) is 11.9 Å². The zero-order valence-corrected chi connectivity index (χ0v) is 13.5. The van der Waals surface area contributed by atoms with Gasteiger partial charge in [-0.1, -0.05) is 47.0 Å². The standard InChI is InChI=1S/C17H15N3O3S/c1-2-12-20-15-11-7-6-10-14(15)16(17(20)21)18-19-24(22,23)13-8-4-3-5-9-13/h2-11,21H,1,12H2. The van der Waals surface area contributed by atoms with Crippen molar-refractivity contribution in [3.05, 3.63) is 67.3 Å². The van der Waals surface area contributed by atoms with Gasteiger partial charge in [0.05, 0.1) is 10.4 Å². The van der Waals surface area contributed by atoms with E-state index in [0.29, 0.717) is 11.9 Å². The maximum atomic E-state index is 12.2. The van der Waals surface area contributed by atoms with Crippen LogP contribution in [-0.2, 0) is 16.6 Å². The number of hydrogen-bond acceptors (Lipinski definition) is 4. The SMILES string of the molecule is C=CCn1c(O)c(N=NS(=O)(=O)c2ccccc2)c2ccccc21. The van der Waals surface area contributed by atoms with E-state index in [1.807, 2.05) is 12.1 Å². The summed E-state index contributed by atoms with van der Waals surface area (Å²) in [6, 6.07) is 15.0. The molecule has 1 heterocycles. The number of nitrogens with zero attached hydrogens (tertiary/aromatic N) is 3. The summed E-state index contributed by atoms with van der Waals surface area (Å²) in [6.07, 6.45) is 1.63. The van der Waals surface area contributed by atoms with Gasteiger partial charge in [-0.15, -0.1) is 11.7 Å². The second-order valence-electron chi connectivity index (χ2n) is 5.06. The molecule has 0 saturated carbocycles. The first-order valence-corrected chi connectivity index (χ1v) is 8.63. The Morgan fingerprint density at radius 1 is 1.08 bits per heavy atom. The molecule has 1 aromatic heterocycles. The second kappa shape index (κ2) is 6.29. The summed E-state index contributed by atoms with van der Waals surface area (Å²) >= 11 is 0. The van der Waals surface area contributed by atoms with E-state index >= 15 is 0 Å². The first-order valence-electron chi connectivity index (χ1n) is 7.19. The van der Waals surface area contributed by atoms with E-state index < -0.39 is 10.0 Å². The molecule has 0 atom stereocenters. The van der Waals surface area contributed by atoms with Gasteiger partial charge in [-0.2, -0.15) is 8.42 Å². The van der Waals surface area contributed by atoms with Crippen molar-refractivity contribution in [2.45, 2.75) is 11.4 Å². The van der Waals surface area contributed by atoms with Gasteiger partial charge < -0.3 is 9.67 Å². The summed E-state index contributed by atoms with van der Waals surface area (Å²) in [5.41, 5.74) is 0.841. The first kappa shape index (κ1) is 15.9. The lowest BCUT2D eigenvalue weighted by atomic mass is 10.2. The number of aromatic hydroxyl groups is 1. The number of hydrogen-bond donors (Lipinski definition) is 1. The van der Waals surface area contributed by atoms with Crippen molar-refractivity contribution >= 4 is 26.6 Å². The predicted molar refractivity (Wildman–Crippen MR) is 91.9 cm³/mol. The molecule has 0 aliphatic carbocycles. The van der Waals surface area contributed by atoms with Crippen molar-refractivity contribution in [3.8, 4) is 5.88 Å². The number of sulfonamides is 1. The van der Waals surface area contributed by atoms with Gasteiger partial charge in [0.25, 0.3) is 10.0 Å². The van der Waals surface area contributed by atoms with Gasteiger partial charge in [0.2, 0.25) is 5.88 Å². The largest absolute Gasteiger partial charge is 0.493 e. The summed E-state index contributed by atoms with van der Waals surface area (Å²) in [4.78, 5) is 0.0445. The molecule has 1 N–H and O–H groups in total. The van der Waals surface area contributed by atoms with E-state index in [9.17, 15) is 13.5 Å². The third-order valence-corrected chi connectivity index (χ3v) is 4.68. The van der Waals surface area contributed by atoms with Crippen LogP contribution in [0.1, 0.15) is 0 Å². The number of rotatable bonds is 5. The Labute approximate surface area is 139 Å². The van der Waals surface area contributed by atoms with Crippen molar-refractivity contribution in [2.75, 3.05) is 0 Å². The zero-order chi connectivity index (χ0) is 17.2. The molecule has 0 aliphatic heterocycles. The predicted octanol–water partition coefficient (Wildman–Crippen LogP) is 4.01. The van der Waals surface area contributed by atoms with Crippen LogP contribution in [0.25, 0.3) is 10.9 Å². The van der Waals surface area contributed by atoms with Gasteiger partial charge in [0.1, 0.15) is 0 Å². The Bertz CT molecular complexity index is 1020. The molecule has 6 nitrogen and oxygen atoms in total. The average Bonchev–Trinajstić information content (AvgIpc) is 2.86. The van der Waals surface area contributed by atoms with Gasteiger partial charge in [-0.05, 0) is 18.2 Å². The minimum atomic E-state index is -3.93. The Morgan fingerprint density at radius 3 is 2.46 bits per heavy atom. The van der Waals surface area contributed by atoms with Crippen LogP contribution < -0.4 is 0 Å². The molecular weight excluding hydrogens is 326 g/mol. The van der Waals surface area contributed by atoms with Crippen LogP contribution in [0, 0.1) is 0 Å². The summed E-state index contributed by atoms with van der Waals surface area (Å²) in [5, 5.41) is 14.8. The number of para-hydroxylation sites is 1. The third kappa shape index (κ3) is 2.81. The average molecular weight is 341 g/mol. The monoisotopic (exact) mass is 341 g/mol. The second-order valence-corrected chi connectivity index (χ2v) is 6.64. The summed E-state index contributed by atoms with van der Waals surface area (Å²) in [7, 11) is -3.93. The fourth-order valence-electron chi connectivity index (χ4n) is 2.42. The van der Waals surface area contributed by atoms with E-state index in [1.165, 1.54) is 12.1 Å². The molecule has 122 valence electrons. The van der Waals surface area contributed by atoms with Gasteiger partial charge in [0.15, 0.2) is 5.69 Å². The Morgan fingerprint density at radius 2 is 1.75 bits per heavy atom. The molecule has 3 aromatic rings. The van der Waals surface area contributed by atoms with Crippen LogP contribution in [-0.4, -0.2) is 18.1 Å². The highest BCUT2D eigenvalue weighted by molar-refractivity contribution is 7.90. The number of fused-ring (bicyclic) bond motifs is 1. The Hall–Kier alpha value is -2.93. The van der Waals surface area contributed by atoms with Crippen LogP contribution >= 0.6 is 0 Å². The molecule has 7 heteroatoms. The normalized spacial score (nSPS) is 12.0. The van der Waals surface area contributed by atoms with E-state index in [4.69, 9.17) is 0 Å². The van der Waals surface area contributed by atoms with E-state index in [0.717, 1.165) is 5.52 Å². The van der Waals surface area contributed by atoms with Crippen molar-refractivity contribution in [2.24, 2.45) is 9.63 Å². The minimum absolute atomic E-state index is 0.0445. The lowest BCUT2D eigenvalue weighted by molar-refractivity contribution is 0.431. The fraction of sp³-hybridized carbons (Fsp3) is 0.0588. The molecule has 0 bridgehead atoms. The molecule has 0 fully saturated rings. The van der Waals surface area contributed by atoms with Crippen LogP contribution in [0.4, 0.5) is 5.69 Å². The first-order chi connectivity index (χ1) is 11.5. The Kier molecular flexibility index (Phi) is 4.18. The molecule has 0 amide bonds. The van der Waals surface area contributed by atoms with Crippen molar-refractivity contribution in [1.82, 2.24) is 4.57 Å². The van der Waals surface area contributed by atoms with E-state index in [2.05, 4.69) is 16.2 Å². The van der Waals surface area contributed by atoms with E-state index in [-0.39, 0.29) is 16.5 Å². The van der Waals surface area contributed by atoms with Crippen LogP contribution in [0.2, 0.25) is 0 Å². The molecular formula is C17H15N3O3S. The molecule has 0 unspecified atom stereocenters. The van der Waals surface area contributed by atoms with Crippen molar-refractivity contribution < 1.29 is 13.5 Å². The minimum Gasteiger partial charge on any atom is -0.493 e. The number of aromatic nitrogens is 1. The maximum absolute atomic E-state index is 12.2. The smallest absolute Gasteiger partial charge is 0.299 e. The highest BCUT2D eigenvalue weighted by atomic mass is 32.2. The lowest BCUT2D eigenvalue weighted by Crippen LogP contribution is -1.94. The van der Waals surface area contributed by atoms with Gasteiger partial charge in [-0.25, -0.2) is 0 Å².